The Morgan fingerprint density at radius 1 is 1.18 bits per heavy atom. The molecule has 166 valence electrons. The third kappa shape index (κ3) is 4.35. The number of benzene rings is 2. The first-order chi connectivity index (χ1) is 16.1. The van der Waals surface area contributed by atoms with E-state index in [1.807, 2.05) is 66.1 Å². The Kier molecular flexibility index (Phi) is 5.84. The number of nitrogens with zero attached hydrogens (tertiary/aromatic N) is 4. The molecule has 0 radical (unpaired) electrons. The second kappa shape index (κ2) is 9.08. The minimum absolute atomic E-state index is 0.161. The number of amides is 1. The van der Waals surface area contributed by atoms with Crippen LogP contribution in [0.5, 0.6) is 5.75 Å². The van der Waals surface area contributed by atoms with Crippen LogP contribution in [0.15, 0.2) is 70.4 Å². The van der Waals surface area contributed by atoms with Crippen LogP contribution in [-0.2, 0) is 4.79 Å². The van der Waals surface area contributed by atoms with E-state index in [4.69, 9.17) is 9.15 Å². The number of para-hydroxylation sites is 1. The van der Waals surface area contributed by atoms with Crippen LogP contribution in [0, 0.1) is 6.92 Å². The Morgan fingerprint density at radius 2 is 2.03 bits per heavy atom. The molecule has 5 rings (SSSR count). The van der Waals surface area contributed by atoms with Crippen molar-refractivity contribution in [2.45, 2.75) is 12.1 Å². The number of hydrogen-bond donors (Lipinski definition) is 1. The van der Waals surface area contributed by atoms with Crippen LogP contribution in [-0.4, -0.2) is 38.5 Å². The molecule has 2 aromatic carbocycles. The predicted molar refractivity (Wildman–Crippen MR) is 129 cm³/mol. The Balaban J connectivity index is 1.36. The number of thiazole rings is 1. The van der Waals surface area contributed by atoms with Crippen molar-refractivity contribution in [2.24, 2.45) is 0 Å². The van der Waals surface area contributed by atoms with Gasteiger partial charge < -0.3 is 14.5 Å². The van der Waals surface area contributed by atoms with E-state index in [0.717, 1.165) is 33.0 Å². The van der Waals surface area contributed by atoms with Crippen LogP contribution >= 0.6 is 23.1 Å². The van der Waals surface area contributed by atoms with E-state index in [0.29, 0.717) is 16.1 Å². The maximum Gasteiger partial charge on any atom is 0.236 e. The molecule has 0 bridgehead atoms. The van der Waals surface area contributed by atoms with Gasteiger partial charge in [0.2, 0.25) is 5.91 Å². The summed E-state index contributed by atoms with van der Waals surface area (Å²) in [6.07, 6.45) is 1.63. The van der Waals surface area contributed by atoms with Crippen molar-refractivity contribution in [1.29, 1.82) is 0 Å². The van der Waals surface area contributed by atoms with Gasteiger partial charge in [0.25, 0.3) is 0 Å². The number of methoxy groups -OCH3 is 1. The van der Waals surface area contributed by atoms with Crippen molar-refractivity contribution in [3.8, 4) is 22.8 Å². The summed E-state index contributed by atoms with van der Waals surface area (Å²) in [5.41, 5.74) is 2.57. The standard InChI is InChI=1S/C23H19N5O3S2/c1-14-17(10-11-31-14)21-26-27-23(28(21)15-6-4-3-5-7-15)32-13-20(29)25-22-24-18-9-8-16(30-2)12-19(18)33-22/h3-12H,13H2,1-2H3,(H,24,25,29). The highest BCUT2D eigenvalue weighted by atomic mass is 32.2. The average Bonchev–Trinajstić information content (AvgIpc) is 3.55. The Bertz CT molecular complexity index is 1420. The van der Waals surface area contributed by atoms with Gasteiger partial charge in [-0.3, -0.25) is 9.36 Å². The maximum atomic E-state index is 12.7. The summed E-state index contributed by atoms with van der Waals surface area (Å²) >= 11 is 2.71. The Labute approximate surface area is 197 Å². The number of ether oxygens (including phenoxy) is 1. The molecule has 0 unspecified atom stereocenters. The van der Waals surface area contributed by atoms with E-state index in [1.165, 1.54) is 23.1 Å². The highest BCUT2D eigenvalue weighted by Crippen LogP contribution is 2.31. The molecule has 0 atom stereocenters. The molecule has 1 amide bonds. The summed E-state index contributed by atoms with van der Waals surface area (Å²) in [5, 5.41) is 12.8. The van der Waals surface area contributed by atoms with E-state index in [-0.39, 0.29) is 11.7 Å². The van der Waals surface area contributed by atoms with Crippen molar-refractivity contribution in [2.75, 3.05) is 18.2 Å². The van der Waals surface area contributed by atoms with Gasteiger partial charge in [-0.05, 0) is 43.3 Å². The first-order valence-corrected chi connectivity index (χ1v) is 11.8. The number of furan rings is 1. The number of aromatic nitrogens is 4. The number of thioether (sulfide) groups is 1. The van der Waals surface area contributed by atoms with Gasteiger partial charge in [0, 0.05) is 5.69 Å². The number of hydrogen-bond acceptors (Lipinski definition) is 8. The van der Waals surface area contributed by atoms with Crippen LogP contribution < -0.4 is 10.1 Å². The third-order valence-corrected chi connectivity index (χ3v) is 6.78. The van der Waals surface area contributed by atoms with E-state index in [1.54, 1.807) is 13.4 Å². The molecule has 0 aliphatic heterocycles. The fourth-order valence-corrected chi connectivity index (χ4v) is 5.00. The first kappa shape index (κ1) is 21.2. The molecule has 0 aliphatic carbocycles. The summed E-state index contributed by atoms with van der Waals surface area (Å²) in [5.74, 6) is 2.16. The number of rotatable bonds is 7. The summed E-state index contributed by atoms with van der Waals surface area (Å²) in [6.45, 7) is 1.88. The number of fused-ring (bicyclic) bond motifs is 1. The van der Waals surface area contributed by atoms with Crippen molar-refractivity contribution < 1.29 is 13.9 Å². The van der Waals surface area contributed by atoms with Crippen LogP contribution in [0.2, 0.25) is 0 Å². The normalized spacial score (nSPS) is 11.1. The topological polar surface area (TPSA) is 95.1 Å². The SMILES string of the molecule is COc1ccc2nc(NC(=O)CSc3nnc(-c4ccoc4C)n3-c3ccccc3)sc2c1. The van der Waals surface area contributed by atoms with Gasteiger partial charge in [-0.1, -0.05) is 41.3 Å². The average molecular weight is 478 g/mol. The molecule has 3 heterocycles. The predicted octanol–water partition coefficient (Wildman–Crippen LogP) is 5.18. The highest BCUT2D eigenvalue weighted by molar-refractivity contribution is 7.99. The number of nitrogens with one attached hydrogen (secondary N) is 1. The molecule has 3 aromatic heterocycles. The molecule has 10 heteroatoms. The van der Waals surface area contributed by atoms with Crippen molar-refractivity contribution >= 4 is 44.4 Å². The zero-order chi connectivity index (χ0) is 22.8. The number of carbonyl (C=O) groups is 1. The number of anilines is 1. The van der Waals surface area contributed by atoms with Crippen LogP contribution in [0.3, 0.4) is 0 Å². The number of carbonyl (C=O) groups excluding carboxylic acids is 1. The number of aryl methyl sites for hydroxylation is 1. The first-order valence-electron chi connectivity index (χ1n) is 10.0. The van der Waals surface area contributed by atoms with Crippen molar-refractivity contribution in [3.63, 3.8) is 0 Å². The lowest BCUT2D eigenvalue weighted by atomic mass is 10.2. The molecular weight excluding hydrogens is 458 g/mol. The van der Waals surface area contributed by atoms with E-state index < -0.39 is 0 Å². The van der Waals surface area contributed by atoms with Gasteiger partial charge in [0.05, 0.1) is 34.9 Å². The van der Waals surface area contributed by atoms with Crippen LogP contribution in [0.4, 0.5) is 5.13 Å². The van der Waals surface area contributed by atoms with Gasteiger partial charge in [-0.25, -0.2) is 4.98 Å². The van der Waals surface area contributed by atoms with Crippen molar-refractivity contribution in [3.05, 3.63) is 66.6 Å². The molecule has 1 N–H and O–H groups in total. The molecule has 5 aromatic rings. The fourth-order valence-electron chi connectivity index (χ4n) is 3.34. The largest absolute Gasteiger partial charge is 0.497 e. The molecule has 8 nitrogen and oxygen atoms in total. The molecule has 0 fully saturated rings. The summed E-state index contributed by atoms with van der Waals surface area (Å²) in [6, 6.07) is 17.3. The van der Waals surface area contributed by atoms with Gasteiger partial charge in [0.15, 0.2) is 16.1 Å². The highest BCUT2D eigenvalue weighted by Gasteiger charge is 2.20. The zero-order valence-corrected chi connectivity index (χ0v) is 19.4. The maximum absolute atomic E-state index is 12.7. The van der Waals surface area contributed by atoms with Crippen molar-refractivity contribution in [1.82, 2.24) is 19.7 Å². The lowest BCUT2D eigenvalue weighted by Gasteiger charge is -2.09. The van der Waals surface area contributed by atoms with Gasteiger partial charge in [-0.15, -0.1) is 10.2 Å². The van der Waals surface area contributed by atoms with Crippen LogP contribution in [0.1, 0.15) is 5.76 Å². The minimum atomic E-state index is -0.172. The Morgan fingerprint density at radius 3 is 2.79 bits per heavy atom. The smallest absolute Gasteiger partial charge is 0.236 e. The second-order valence-corrected chi connectivity index (χ2v) is 9.03. The lowest BCUT2D eigenvalue weighted by Crippen LogP contribution is -2.14. The third-order valence-electron chi connectivity index (χ3n) is 4.92. The zero-order valence-electron chi connectivity index (χ0n) is 17.8. The van der Waals surface area contributed by atoms with Crippen LogP contribution in [0.25, 0.3) is 27.3 Å². The molecule has 33 heavy (non-hydrogen) atoms. The van der Waals surface area contributed by atoms with E-state index in [2.05, 4.69) is 20.5 Å². The molecule has 0 spiro atoms. The van der Waals surface area contributed by atoms with E-state index >= 15 is 0 Å². The fraction of sp³-hybridized carbons (Fsp3) is 0.130. The quantitative estimate of drug-likeness (QED) is 0.323. The minimum Gasteiger partial charge on any atom is -0.497 e. The molecule has 0 aliphatic rings. The van der Waals surface area contributed by atoms with Gasteiger partial charge in [-0.2, -0.15) is 0 Å². The molecule has 0 saturated heterocycles. The second-order valence-electron chi connectivity index (χ2n) is 7.06. The van der Waals surface area contributed by atoms with E-state index in [9.17, 15) is 4.79 Å². The monoisotopic (exact) mass is 477 g/mol. The summed E-state index contributed by atoms with van der Waals surface area (Å²) in [4.78, 5) is 17.1. The summed E-state index contributed by atoms with van der Waals surface area (Å²) in [7, 11) is 1.62. The molecule has 0 saturated carbocycles. The van der Waals surface area contributed by atoms with Gasteiger partial charge >= 0.3 is 0 Å². The summed E-state index contributed by atoms with van der Waals surface area (Å²) < 4.78 is 13.6. The Hall–Kier alpha value is -3.63. The molecular formula is C23H19N5O3S2. The lowest BCUT2D eigenvalue weighted by molar-refractivity contribution is -0.113. The van der Waals surface area contributed by atoms with Gasteiger partial charge in [0.1, 0.15) is 11.5 Å².